The van der Waals surface area contributed by atoms with Crippen molar-refractivity contribution in [2.45, 2.75) is 13.5 Å². The second-order valence-electron chi connectivity index (χ2n) is 5.64. The molecule has 1 aromatic heterocycles. The van der Waals surface area contributed by atoms with Gasteiger partial charge in [0.2, 0.25) is 0 Å². The van der Waals surface area contributed by atoms with Crippen LogP contribution in [0.4, 0.5) is 0 Å². The molecule has 0 spiro atoms. The summed E-state index contributed by atoms with van der Waals surface area (Å²) in [5.41, 5.74) is 0.449. The van der Waals surface area contributed by atoms with Gasteiger partial charge in [-0.1, -0.05) is 30.3 Å². The second-order valence-corrected chi connectivity index (χ2v) is 5.64. The van der Waals surface area contributed by atoms with Crippen LogP contribution in [0.2, 0.25) is 0 Å². The Morgan fingerprint density at radius 1 is 1.04 bits per heavy atom. The van der Waals surface area contributed by atoms with Crippen molar-refractivity contribution in [2.24, 2.45) is 0 Å². The van der Waals surface area contributed by atoms with Crippen LogP contribution in [0.5, 0.6) is 5.75 Å². The van der Waals surface area contributed by atoms with Gasteiger partial charge in [-0.15, -0.1) is 0 Å². The molecular weight excluding hydrogens is 336 g/mol. The molecule has 0 bridgehead atoms. The number of ketones is 1. The molecule has 2 aromatic carbocycles. The predicted molar refractivity (Wildman–Crippen MR) is 94.2 cm³/mol. The topological polar surface area (TPSA) is 82.8 Å². The molecule has 0 radical (unpaired) electrons. The summed E-state index contributed by atoms with van der Waals surface area (Å²) in [5.74, 6) is -0.516. The number of esters is 1. The molecule has 26 heavy (non-hydrogen) atoms. The first kappa shape index (κ1) is 17.4. The number of Topliss-reactive ketones (excluding diaryl/α,β-unsaturated/α-hetero) is 1. The van der Waals surface area contributed by atoms with Crippen molar-refractivity contribution >= 4 is 22.7 Å². The zero-order chi connectivity index (χ0) is 18.5. The number of fused-ring (bicyclic) bond motifs is 1. The van der Waals surface area contributed by atoms with Crippen molar-refractivity contribution in [1.29, 1.82) is 0 Å². The fraction of sp³-hybridized carbons (Fsp3) is 0.150. The summed E-state index contributed by atoms with van der Waals surface area (Å²) in [6.07, 6.45) is 0. The minimum Gasteiger partial charge on any atom is -0.482 e. The lowest BCUT2D eigenvalue weighted by Gasteiger charge is -2.08. The first-order valence-electron chi connectivity index (χ1n) is 7.94. The van der Waals surface area contributed by atoms with E-state index in [9.17, 15) is 14.4 Å². The molecule has 6 heteroatoms. The van der Waals surface area contributed by atoms with E-state index in [1.54, 1.807) is 12.1 Å². The average Bonchev–Trinajstić information content (AvgIpc) is 2.64. The highest BCUT2D eigenvalue weighted by atomic mass is 16.6. The third-order valence-electron chi connectivity index (χ3n) is 3.69. The monoisotopic (exact) mass is 352 g/mol. The molecule has 0 atom stereocenters. The summed E-state index contributed by atoms with van der Waals surface area (Å²) < 4.78 is 15.6. The van der Waals surface area contributed by atoms with E-state index in [1.807, 2.05) is 30.3 Å². The first-order valence-corrected chi connectivity index (χ1v) is 7.94. The Labute approximate surface area is 149 Å². The number of rotatable bonds is 6. The van der Waals surface area contributed by atoms with Crippen LogP contribution in [0.1, 0.15) is 22.8 Å². The lowest BCUT2D eigenvalue weighted by Crippen LogP contribution is -2.15. The molecule has 0 unspecified atom stereocenters. The number of hydrogen-bond acceptors (Lipinski definition) is 6. The molecule has 3 rings (SSSR count). The average molecular weight is 352 g/mol. The van der Waals surface area contributed by atoms with Crippen LogP contribution in [0.3, 0.4) is 0 Å². The van der Waals surface area contributed by atoms with Gasteiger partial charge in [-0.2, -0.15) is 0 Å². The minimum absolute atomic E-state index is 0.00402. The van der Waals surface area contributed by atoms with Gasteiger partial charge in [0.1, 0.15) is 23.5 Å². The Morgan fingerprint density at radius 3 is 2.54 bits per heavy atom. The lowest BCUT2D eigenvalue weighted by atomic mass is 10.1. The fourth-order valence-electron chi connectivity index (χ4n) is 2.35. The quantitative estimate of drug-likeness (QED) is 0.385. The van der Waals surface area contributed by atoms with Gasteiger partial charge < -0.3 is 13.9 Å². The van der Waals surface area contributed by atoms with Gasteiger partial charge in [0, 0.05) is 11.5 Å². The molecule has 3 aromatic rings. The van der Waals surface area contributed by atoms with Crippen LogP contribution in [0.25, 0.3) is 11.0 Å². The maximum absolute atomic E-state index is 11.8. The molecule has 0 aliphatic heterocycles. The highest BCUT2D eigenvalue weighted by molar-refractivity contribution is 5.96. The van der Waals surface area contributed by atoms with E-state index in [2.05, 4.69) is 0 Å². The normalized spacial score (nSPS) is 10.5. The Balaban J connectivity index is 1.63. The van der Waals surface area contributed by atoms with Gasteiger partial charge in [0.25, 0.3) is 0 Å². The largest absolute Gasteiger partial charge is 0.482 e. The summed E-state index contributed by atoms with van der Waals surface area (Å²) in [7, 11) is 0. The fourth-order valence-corrected chi connectivity index (χ4v) is 2.35. The van der Waals surface area contributed by atoms with E-state index in [1.165, 1.54) is 19.1 Å². The molecule has 0 fully saturated rings. The molecule has 0 saturated heterocycles. The third kappa shape index (κ3) is 4.16. The number of benzene rings is 2. The number of hydrogen-bond donors (Lipinski definition) is 0. The molecule has 132 valence electrons. The highest BCUT2D eigenvalue weighted by Crippen LogP contribution is 2.20. The van der Waals surface area contributed by atoms with Crippen molar-refractivity contribution in [3.05, 3.63) is 76.1 Å². The van der Waals surface area contributed by atoms with Gasteiger partial charge in [0.15, 0.2) is 12.4 Å². The van der Waals surface area contributed by atoms with Crippen molar-refractivity contribution < 1.29 is 23.5 Å². The van der Waals surface area contributed by atoms with Crippen LogP contribution in [-0.2, 0) is 16.1 Å². The Kier molecular flexibility index (Phi) is 5.12. The van der Waals surface area contributed by atoms with Crippen LogP contribution in [0.15, 0.2) is 63.8 Å². The van der Waals surface area contributed by atoms with Crippen molar-refractivity contribution in [1.82, 2.24) is 0 Å². The summed E-state index contributed by atoms with van der Waals surface area (Å²) in [5, 5.41) is 0.591. The Bertz CT molecular complexity index is 1000. The van der Waals surface area contributed by atoms with Crippen molar-refractivity contribution in [3.63, 3.8) is 0 Å². The zero-order valence-electron chi connectivity index (χ0n) is 14.1. The molecule has 0 amide bonds. The van der Waals surface area contributed by atoms with Crippen molar-refractivity contribution in [3.8, 4) is 5.75 Å². The van der Waals surface area contributed by atoms with Crippen LogP contribution in [-0.4, -0.2) is 18.4 Å². The van der Waals surface area contributed by atoms with E-state index in [4.69, 9.17) is 13.9 Å². The van der Waals surface area contributed by atoms with Gasteiger partial charge in [-0.05, 0) is 30.7 Å². The van der Waals surface area contributed by atoms with Gasteiger partial charge in [0.05, 0.1) is 0 Å². The summed E-state index contributed by atoms with van der Waals surface area (Å²) >= 11 is 0. The smallest absolute Gasteiger partial charge is 0.347 e. The molecule has 0 saturated carbocycles. The lowest BCUT2D eigenvalue weighted by molar-refractivity contribution is -0.147. The molecule has 0 aliphatic carbocycles. The highest BCUT2D eigenvalue weighted by Gasteiger charge is 2.11. The maximum atomic E-state index is 11.8. The molecule has 0 aliphatic rings. The van der Waals surface area contributed by atoms with Crippen LogP contribution < -0.4 is 10.4 Å². The molecule has 1 heterocycles. The summed E-state index contributed by atoms with van der Waals surface area (Å²) in [4.78, 5) is 34.9. The molecule has 0 N–H and O–H groups in total. The van der Waals surface area contributed by atoms with Crippen molar-refractivity contribution in [2.75, 3.05) is 6.61 Å². The number of ether oxygens (including phenoxy) is 2. The minimum atomic E-state index is -0.704. The third-order valence-corrected chi connectivity index (χ3v) is 3.69. The number of carbonyl (C=O) groups excluding carboxylic acids is 2. The second kappa shape index (κ2) is 7.65. The van der Waals surface area contributed by atoms with Crippen LogP contribution in [0, 0.1) is 0 Å². The molecule has 6 nitrogen and oxygen atoms in total. The van der Waals surface area contributed by atoms with E-state index >= 15 is 0 Å². The summed E-state index contributed by atoms with van der Waals surface area (Å²) in [6.45, 7) is 1.20. The predicted octanol–water partition coefficient (Wildman–Crippen LogP) is 3.12. The van der Waals surface area contributed by atoms with E-state index < -0.39 is 11.6 Å². The maximum Gasteiger partial charge on any atom is 0.347 e. The first-order chi connectivity index (χ1) is 12.5. The molecular formula is C20H16O6. The van der Waals surface area contributed by atoms with E-state index in [0.29, 0.717) is 11.1 Å². The Morgan fingerprint density at radius 2 is 1.81 bits per heavy atom. The SMILES string of the molecule is CC(=O)c1cc2ccc(OCC(=O)OCc3ccccc3)cc2oc1=O. The van der Waals surface area contributed by atoms with Gasteiger partial charge in [-0.25, -0.2) is 9.59 Å². The zero-order valence-corrected chi connectivity index (χ0v) is 14.1. The van der Waals surface area contributed by atoms with Crippen LogP contribution >= 0.6 is 0 Å². The van der Waals surface area contributed by atoms with E-state index in [0.717, 1.165) is 5.56 Å². The van der Waals surface area contributed by atoms with Gasteiger partial charge >= 0.3 is 11.6 Å². The van der Waals surface area contributed by atoms with Gasteiger partial charge in [-0.3, -0.25) is 4.79 Å². The number of carbonyl (C=O) groups is 2. The Hall–Kier alpha value is -3.41. The van der Waals surface area contributed by atoms with E-state index in [-0.39, 0.29) is 30.1 Å². The standard InChI is InChI=1S/C20H16O6/c1-13(21)17-9-15-7-8-16(10-18(15)26-20(17)23)24-12-19(22)25-11-14-5-3-2-4-6-14/h2-10H,11-12H2,1H3. The summed E-state index contributed by atoms with van der Waals surface area (Å²) in [6, 6.07) is 15.5.